The molecule has 2 aromatic rings. The van der Waals surface area contributed by atoms with E-state index in [4.69, 9.17) is 9.47 Å². The summed E-state index contributed by atoms with van der Waals surface area (Å²) >= 11 is 0. The van der Waals surface area contributed by atoms with Crippen molar-refractivity contribution >= 4 is 5.91 Å². The van der Waals surface area contributed by atoms with Crippen LogP contribution in [-0.4, -0.2) is 38.8 Å². The molecule has 0 spiro atoms. The largest absolute Gasteiger partial charge is 0.493 e. The first-order valence-corrected chi connectivity index (χ1v) is 9.89. The number of hydrogen-bond acceptors (Lipinski definition) is 5. The molecular formula is C23H27N3O3. The SMILES string of the molecule is COc1ccc(-c2ccc(C[C@@H](C#N)NC(=O)[C@@H]3CCCCN3)cc2)cc1OC. The molecule has 6 nitrogen and oxygen atoms in total. The van der Waals surface area contributed by atoms with E-state index in [-0.39, 0.29) is 11.9 Å². The van der Waals surface area contributed by atoms with E-state index in [1.54, 1.807) is 14.2 Å². The average molecular weight is 393 g/mol. The van der Waals surface area contributed by atoms with Crippen molar-refractivity contribution < 1.29 is 14.3 Å². The number of carbonyl (C=O) groups excluding carboxylic acids is 1. The Morgan fingerprint density at radius 2 is 1.86 bits per heavy atom. The lowest BCUT2D eigenvalue weighted by atomic mass is 10.00. The molecule has 0 radical (unpaired) electrons. The van der Waals surface area contributed by atoms with E-state index in [0.29, 0.717) is 17.9 Å². The van der Waals surface area contributed by atoms with Crippen LogP contribution in [0.25, 0.3) is 11.1 Å². The van der Waals surface area contributed by atoms with Gasteiger partial charge in [-0.05, 0) is 48.2 Å². The fourth-order valence-corrected chi connectivity index (χ4v) is 3.56. The molecule has 3 rings (SSSR count). The normalized spacial score (nSPS) is 17.1. The molecule has 0 saturated carbocycles. The Hall–Kier alpha value is -3.04. The van der Waals surface area contributed by atoms with E-state index in [2.05, 4.69) is 16.7 Å². The number of nitrogens with one attached hydrogen (secondary N) is 2. The van der Waals surface area contributed by atoms with Gasteiger partial charge in [-0.15, -0.1) is 0 Å². The van der Waals surface area contributed by atoms with Crippen molar-refractivity contribution in [2.75, 3.05) is 20.8 Å². The van der Waals surface area contributed by atoms with Crippen LogP contribution in [-0.2, 0) is 11.2 Å². The molecule has 1 heterocycles. The van der Waals surface area contributed by atoms with Gasteiger partial charge in [0.2, 0.25) is 5.91 Å². The van der Waals surface area contributed by atoms with Crippen molar-refractivity contribution in [3.05, 3.63) is 48.0 Å². The molecule has 1 saturated heterocycles. The summed E-state index contributed by atoms with van der Waals surface area (Å²) in [6, 6.07) is 15.3. The zero-order valence-corrected chi connectivity index (χ0v) is 16.9. The Morgan fingerprint density at radius 1 is 1.14 bits per heavy atom. The van der Waals surface area contributed by atoms with Gasteiger partial charge in [-0.25, -0.2) is 0 Å². The second-order valence-electron chi connectivity index (χ2n) is 7.16. The first-order chi connectivity index (χ1) is 14.1. The van der Waals surface area contributed by atoms with Gasteiger partial charge in [0.05, 0.1) is 26.3 Å². The summed E-state index contributed by atoms with van der Waals surface area (Å²) in [6.07, 6.45) is 3.43. The summed E-state index contributed by atoms with van der Waals surface area (Å²) < 4.78 is 10.7. The van der Waals surface area contributed by atoms with Crippen molar-refractivity contribution in [1.29, 1.82) is 5.26 Å². The zero-order valence-electron chi connectivity index (χ0n) is 16.9. The maximum atomic E-state index is 12.4. The highest BCUT2D eigenvalue weighted by atomic mass is 16.5. The highest BCUT2D eigenvalue weighted by molar-refractivity contribution is 5.82. The molecule has 1 amide bonds. The fourth-order valence-electron chi connectivity index (χ4n) is 3.56. The molecule has 1 aliphatic heterocycles. The first kappa shape index (κ1) is 20.7. The summed E-state index contributed by atoms with van der Waals surface area (Å²) in [5.41, 5.74) is 3.05. The van der Waals surface area contributed by atoms with E-state index in [9.17, 15) is 10.1 Å². The van der Waals surface area contributed by atoms with Gasteiger partial charge in [-0.2, -0.15) is 5.26 Å². The molecule has 0 bridgehead atoms. The third kappa shape index (κ3) is 5.27. The number of piperidine rings is 1. The number of nitrogens with zero attached hydrogens (tertiary/aromatic N) is 1. The zero-order chi connectivity index (χ0) is 20.6. The summed E-state index contributed by atoms with van der Waals surface area (Å²) in [7, 11) is 3.23. The highest BCUT2D eigenvalue weighted by Gasteiger charge is 2.23. The maximum Gasteiger partial charge on any atom is 0.238 e. The number of benzene rings is 2. The minimum atomic E-state index is -0.543. The van der Waals surface area contributed by atoms with Gasteiger partial charge in [0, 0.05) is 6.42 Å². The van der Waals surface area contributed by atoms with Crippen LogP contribution in [0.3, 0.4) is 0 Å². The van der Waals surface area contributed by atoms with Gasteiger partial charge in [0.1, 0.15) is 6.04 Å². The lowest BCUT2D eigenvalue weighted by Gasteiger charge is -2.23. The van der Waals surface area contributed by atoms with E-state index in [0.717, 1.165) is 42.5 Å². The van der Waals surface area contributed by atoms with Gasteiger partial charge < -0.3 is 20.1 Å². The number of amides is 1. The molecule has 29 heavy (non-hydrogen) atoms. The fraction of sp³-hybridized carbons (Fsp3) is 0.391. The summed E-state index contributed by atoms with van der Waals surface area (Å²) in [5, 5.41) is 15.5. The lowest BCUT2D eigenvalue weighted by molar-refractivity contribution is -0.124. The molecule has 0 aromatic heterocycles. The number of hydrogen-bond donors (Lipinski definition) is 2. The van der Waals surface area contributed by atoms with Crippen LogP contribution in [0.15, 0.2) is 42.5 Å². The maximum absolute atomic E-state index is 12.4. The van der Waals surface area contributed by atoms with E-state index in [1.807, 2.05) is 42.5 Å². The second kappa shape index (κ2) is 9.94. The summed E-state index contributed by atoms with van der Waals surface area (Å²) in [5.74, 6) is 1.28. The summed E-state index contributed by atoms with van der Waals surface area (Å²) in [6.45, 7) is 0.854. The molecule has 0 aliphatic carbocycles. The molecule has 2 N–H and O–H groups in total. The smallest absolute Gasteiger partial charge is 0.238 e. The van der Waals surface area contributed by atoms with Crippen molar-refractivity contribution in [2.24, 2.45) is 0 Å². The Labute approximate surface area is 171 Å². The Morgan fingerprint density at radius 3 is 2.48 bits per heavy atom. The van der Waals surface area contributed by atoms with Crippen LogP contribution in [0, 0.1) is 11.3 Å². The third-order valence-corrected chi connectivity index (χ3v) is 5.21. The number of rotatable bonds is 7. The van der Waals surface area contributed by atoms with Crippen LogP contribution in [0.2, 0.25) is 0 Å². The molecule has 1 aliphatic rings. The average Bonchev–Trinajstić information content (AvgIpc) is 2.79. The van der Waals surface area contributed by atoms with Crippen LogP contribution in [0.1, 0.15) is 24.8 Å². The third-order valence-electron chi connectivity index (χ3n) is 5.21. The number of carbonyl (C=O) groups is 1. The molecule has 2 atom stereocenters. The lowest BCUT2D eigenvalue weighted by Crippen LogP contribution is -2.49. The van der Waals surface area contributed by atoms with E-state index in [1.165, 1.54) is 0 Å². The Balaban J connectivity index is 1.64. The van der Waals surface area contributed by atoms with Gasteiger partial charge in [0.25, 0.3) is 0 Å². The van der Waals surface area contributed by atoms with Gasteiger partial charge in [-0.3, -0.25) is 4.79 Å². The van der Waals surface area contributed by atoms with Gasteiger partial charge >= 0.3 is 0 Å². The molecule has 1 fully saturated rings. The van der Waals surface area contributed by atoms with E-state index < -0.39 is 6.04 Å². The Bertz CT molecular complexity index is 868. The van der Waals surface area contributed by atoms with Crippen molar-refractivity contribution in [2.45, 2.75) is 37.8 Å². The van der Waals surface area contributed by atoms with Crippen molar-refractivity contribution in [3.63, 3.8) is 0 Å². The van der Waals surface area contributed by atoms with Crippen LogP contribution in [0.5, 0.6) is 11.5 Å². The van der Waals surface area contributed by atoms with Crippen molar-refractivity contribution in [3.8, 4) is 28.7 Å². The predicted molar refractivity (Wildman–Crippen MR) is 112 cm³/mol. The van der Waals surface area contributed by atoms with Gasteiger partial charge in [-0.1, -0.05) is 36.8 Å². The molecule has 6 heteroatoms. The van der Waals surface area contributed by atoms with Crippen LogP contribution in [0.4, 0.5) is 0 Å². The minimum absolute atomic E-state index is 0.0850. The van der Waals surface area contributed by atoms with Crippen LogP contribution < -0.4 is 20.1 Å². The highest BCUT2D eigenvalue weighted by Crippen LogP contribution is 2.32. The standard InChI is InChI=1S/C23H27N3O3/c1-28-21-11-10-18(14-22(21)29-2)17-8-6-16(7-9-17)13-19(15-24)26-23(27)20-5-3-4-12-25-20/h6-11,14,19-20,25H,3-5,12-13H2,1-2H3,(H,26,27)/t19-,20-/m0/s1. The number of ether oxygens (including phenoxy) is 2. The van der Waals surface area contributed by atoms with Gasteiger partial charge in [0.15, 0.2) is 11.5 Å². The number of methoxy groups -OCH3 is 2. The molecular weight excluding hydrogens is 366 g/mol. The topological polar surface area (TPSA) is 83.4 Å². The summed E-state index contributed by atoms with van der Waals surface area (Å²) in [4.78, 5) is 12.4. The second-order valence-corrected chi connectivity index (χ2v) is 7.16. The first-order valence-electron chi connectivity index (χ1n) is 9.89. The minimum Gasteiger partial charge on any atom is -0.493 e. The Kier molecular flexibility index (Phi) is 7.09. The monoisotopic (exact) mass is 393 g/mol. The van der Waals surface area contributed by atoms with Crippen molar-refractivity contribution in [1.82, 2.24) is 10.6 Å². The molecule has 152 valence electrons. The molecule has 2 aromatic carbocycles. The predicted octanol–water partition coefficient (Wildman–Crippen LogP) is 3.06. The molecule has 0 unspecified atom stereocenters. The van der Waals surface area contributed by atoms with E-state index >= 15 is 0 Å². The van der Waals surface area contributed by atoms with Crippen LogP contribution >= 0.6 is 0 Å². The quantitative estimate of drug-likeness (QED) is 0.755. The number of nitriles is 1.